The van der Waals surface area contributed by atoms with Gasteiger partial charge in [0.05, 0.1) is 24.8 Å². The van der Waals surface area contributed by atoms with Gasteiger partial charge in [-0.2, -0.15) is 0 Å². The van der Waals surface area contributed by atoms with Crippen molar-refractivity contribution < 1.29 is 14.6 Å². The van der Waals surface area contributed by atoms with E-state index >= 15 is 0 Å². The normalized spacial score (nSPS) is 24.4. The molecule has 0 aromatic rings. The van der Waals surface area contributed by atoms with Crippen LogP contribution in [-0.2, 0) is 9.53 Å². The number of nitrogens with one attached hydrogen (secondary N) is 2. The van der Waals surface area contributed by atoms with Gasteiger partial charge in [0.15, 0.2) is 0 Å². The molecule has 0 bridgehead atoms. The van der Waals surface area contributed by atoms with Crippen molar-refractivity contribution in [2.45, 2.75) is 50.8 Å². The van der Waals surface area contributed by atoms with Gasteiger partial charge in [-0.25, -0.2) is 0 Å². The van der Waals surface area contributed by atoms with Crippen LogP contribution in [0.15, 0.2) is 0 Å². The van der Waals surface area contributed by atoms with Crippen molar-refractivity contribution in [2.24, 2.45) is 0 Å². The molecule has 108 valence electrons. The third-order valence-electron chi connectivity index (χ3n) is 3.04. The van der Waals surface area contributed by atoms with Gasteiger partial charge in [0.2, 0.25) is 5.91 Å². The molecule has 3 atom stereocenters. The van der Waals surface area contributed by atoms with Crippen LogP contribution >= 0.6 is 12.4 Å². The molecule has 1 heterocycles. The van der Waals surface area contributed by atoms with Gasteiger partial charge in [-0.15, -0.1) is 12.4 Å². The first-order valence-corrected chi connectivity index (χ1v) is 6.38. The van der Waals surface area contributed by atoms with Crippen LogP contribution < -0.4 is 10.6 Å². The molecule has 0 spiro atoms. The Morgan fingerprint density at radius 1 is 1.61 bits per heavy atom. The van der Waals surface area contributed by atoms with Gasteiger partial charge < -0.3 is 20.5 Å². The topological polar surface area (TPSA) is 70.6 Å². The number of ether oxygens (including phenoxy) is 1. The van der Waals surface area contributed by atoms with E-state index < -0.39 is 6.10 Å². The fourth-order valence-electron chi connectivity index (χ4n) is 2.07. The third kappa shape index (κ3) is 6.00. The second-order valence-electron chi connectivity index (χ2n) is 4.65. The maximum Gasteiger partial charge on any atom is 0.237 e. The number of methoxy groups -OCH3 is 1. The van der Waals surface area contributed by atoms with Gasteiger partial charge in [-0.05, 0) is 12.8 Å². The van der Waals surface area contributed by atoms with Gasteiger partial charge in [0.1, 0.15) is 0 Å². The van der Waals surface area contributed by atoms with Crippen molar-refractivity contribution in [1.29, 1.82) is 0 Å². The molecule has 0 radical (unpaired) electrons. The van der Waals surface area contributed by atoms with Gasteiger partial charge in [0.25, 0.3) is 0 Å². The summed E-state index contributed by atoms with van der Waals surface area (Å²) in [4.78, 5) is 11.9. The molecule has 0 saturated carbocycles. The summed E-state index contributed by atoms with van der Waals surface area (Å²) in [6.07, 6.45) is 3.22. The van der Waals surface area contributed by atoms with Crippen LogP contribution in [0.2, 0.25) is 0 Å². The van der Waals surface area contributed by atoms with Gasteiger partial charge in [0, 0.05) is 13.7 Å². The van der Waals surface area contributed by atoms with Crippen LogP contribution in [-0.4, -0.2) is 49.5 Å². The van der Waals surface area contributed by atoms with E-state index in [0.29, 0.717) is 19.6 Å². The van der Waals surface area contributed by atoms with Crippen LogP contribution in [0.4, 0.5) is 0 Å². The van der Waals surface area contributed by atoms with Crippen LogP contribution in [0.5, 0.6) is 0 Å². The molecule has 1 rings (SSSR count). The first kappa shape index (κ1) is 17.6. The summed E-state index contributed by atoms with van der Waals surface area (Å²) in [6.45, 7) is 3.17. The highest BCUT2D eigenvalue weighted by Crippen LogP contribution is 2.08. The quantitative estimate of drug-likeness (QED) is 0.633. The first-order valence-electron chi connectivity index (χ1n) is 6.38. The van der Waals surface area contributed by atoms with E-state index in [1.165, 1.54) is 0 Å². The van der Waals surface area contributed by atoms with E-state index in [1.807, 2.05) is 0 Å². The van der Waals surface area contributed by atoms with E-state index in [-0.39, 0.29) is 30.4 Å². The van der Waals surface area contributed by atoms with E-state index in [2.05, 4.69) is 17.6 Å². The Morgan fingerprint density at radius 3 is 2.83 bits per heavy atom. The Morgan fingerprint density at radius 2 is 2.33 bits per heavy atom. The number of aliphatic hydroxyl groups is 1. The SMILES string of the molecule is CCCCC(COC)NC(=O)C1CC(O)CN1.Cl. The fourth-order valence-corrected chi connectivity index (χ4v) is 2.07. The zero-order valence-electron chi connectivity index (χ0n) is 11.1. The highest BCUT2D eigenvalue weighted by Gasteiger charge is 2.29. The lowest BCUT2D eigenvalue weighted by Gasteiger charge is -2.20. The molecule has 3 N–H and O–H groups in total. The van der Waals surface area contributed by atoms with Crippen molar-refractivity contribution >= 4 is 18.3 Å². The lowest BCUT2D eigenvalue weighted by molar-refractivity contribution is -0.124. The predicted octanol–water partition coefficient (Wildman–Crippen LogP) is 0.452. The minimum atomic E-state index is -0.401. The average Bonchev–Trinajstić information content (AvgIpc) is 2.73. The summed E-state index contributed by atoms with van der Waals surface area (Å²) >= 11 is 0. The number of halogens is 1. The van der Waals surface area contributed by atoms with E-state index in [9.17, 15) is 9.90 Å². The number of rotatable bonds is 7. The monoisotopic (exact) mass is 280 g/mol. The molecule has 18 heavy (non-hydrogen) atoms. The first-order chi connectivity index (χ1) is 8.17. The second-order valence-corrected chi connectivity index (χ2v) is 4.65. The number of hydrogen-bond acceptors (Lipinski definition) is 4. The van der Waals surface area contributed by atoms with E-state index in [1.54, 1.807) is 7.11 Å². The second kappa shape index (κ2) is 9.55. The standard InChI is InChI=1S/C12H24N2O3.ClH/c1-3-4-5-9(8-17-2)14-12(16)11-6-10(15)7-13-11;/h9-11,13,15H,3-8H2,1-2H3,(H,14,16);1H. The number of amides is 1. The number of carbonyl (C=O) groups excluding carboxylic acids is 1. The molecular formula is C12H25ClN2O3. The summed E-state index contributed by atoms with van der Waals surface area (Å²) in [5, 5.41) is 15.3. The minimum Gasteiger partial charge on any atom is -0.392 e. The Hall–Kier alpha value is -0.360. The molecule has 5 nitrogen and oxygen atoms in total. The fraction of sp³-hybridized carbons (Fsp3) is 0.917. The zero-order chi connectivity index (χ0) is 12.7. The van der Waals surface area contributed by atoms with Crippen molar-refractivity contribution in [3.63, 3.8) is 0 Å². The van der Waals surface area contributed by atoms with Crippen molar-refractivity contribution in [2.75, 3.05) is 20.3 Å². The lowest BCUT2D eigenvalue weighted by atomic mass is 10.1. The third-order valence-corrected chi connectivity index (χ3v) is 3.04. The number of carbonyl (C=O) groups is 1. The molecular weight excluding hydrogens is 256 g/mol. The Kier molecular flexibility index (Phi) is 9.36. The molecule has 0 aromatic heterocycles. The summed E-state index contributed by atoms with van der Waals surface area (Å²) in [6, 6.07) is -0.182. The molecule has 1 aliphatic rings. The predicted molar refractivity (Wildman–Crippen MR) is 73.0 cm³/mol. The minimum absolute atomic E-state index is 0. The van der Waals surface area contributed by atoms with Crippen LogP contribution in [0, 0.1) is 0 Å². The lowest BCUT2D eigenvalue weighted by Crippen LogP contribution is -2.46. The molecule has 3 unspecified atom stereocenters. The Bertz CT molecular complexity index is 241. The molecule has 1 saturated heterocycles. The summed E-state index contributed by atoms with van der Waals surface area (Å²) < 4.78 is 5.10. The number of aliphatic hydroxyl groups excluding tert-OH is 1. The van der Waals surface area contributed by atoms with Crippen LogP contribution in [0.25, 0.3) is 0 Å². The van der Waals surface area contributed by atoms with Gasteiger partial charge in [-0.1, -0.05) is 19.8 Å². The van der Waals surface area contributed by atoms with E-state index in [0.717, 1.165) is 19.3 Å². The summed E-state index contributed by atoms with van der Waals surface area (Å²) in [7, 11) is 1.64. The molecule has 0 aromatic carbocycles. The molecule has 0 aliphatic carbocycles. The van der Waals surface area contributed by atoms with Crippen LogP contribution in [0.3, 0.4) is 0 Å². The van der Waals surface area contributed by atoms with Gasteiger partial charge >= 0.3 is 0 Å². The molecule has 6 heteroatoms. The summed E-state index contributed by atoms with van der Waals surface area (Å²) in [5.41, 5.74) is 0. The van der Waals surface area contributed by atoms with Crippen molar-refractivity contribution in [3.05, 3.63) is 0 Å². The molecule has 1 amide bonds. The maximum absolute atomic E-state index is 11.9. The zero-order valence-corrected chi connectivity index (χ0v) is 12.0. The van der Waals surface area contributed by atoms with E-state index in [4.69, 9.17) is 4.74 Å². The molecule has 1 fully saturated rings. The average molecular weight is 281 g/mol. The summed E-state index contributed by atoms with van der Waals surface area (Å²) in [5.74, 6) is -0.0281. The number of β-amino-alcohol motifs (C(OH)–C–C–N with tert-alkyl or cyclic N) is 1. The highest BCUT2D eigenvalue weighted by molar-refractivity contribution is 5.85. The number of hydrogen-bond donors (Lipinski definition) is 3. The van der Waals surface area contributed by atoms with Crippen molar-refractivity contribution in [1.82, 2.24) is 10.6 Å². The van der Waals surface area contributed by atoms with Crippen LogP contribution in [0.1, 0.15) is 32.6 Å². The Balaban J connectivity index is 0.00000289. The Labute approximate surface area is 115 Å². The smallest absolute Gasteiger partial charge is 0.237 e. The van der Waals surface area contributed by atoms with Gasteiger partial charge in [-0.3, -0.25) is 4.79 Å². The molecule has 1 aliphatic heterocycles. The number of unbranched alkanes of at least 4 members (excludes halogenated alkanes) is 1. The maximum atomic E-state index is 11.9. The highest BCUT2D eigenvalue weighted by atomic mass is 35.5. The largest absolute Gasteiger partial charge is 0.392 e. The van der Waals surface area contributed by atoms with Crippen molar-refractivity contribution in [3.8, 4) is 0 Å².